The molecule has 0 bridgehead atoms. The van der Waals surface area contributed by atoms with Crippen LogP contribution in [0, 0.1) is 5.92 Å². The van der Waals surface area contributed by atoms with Crippen molar-refractivity contribution in [2.45, 2.75) is 32.2 Å². The van der Waals surface area contributed by atoms with Gasteiger partial charge in [0.15, 0.2) is 0 Å². The van der Waals surface area contributed by atoms with E-state index < -0.39 is 0 Å². The zero-order valence-corrected chi connectivity index (χ0v) is 11.2. The van der Waals surface area contributed by atoms with Crippen LogP contribution >= 0.6 is 0 Å². The molecule has 1 fully saturated rings. The van der Waals surface area contributed by atoms with E-state index in [1.54, 1.807) is 7.11 Å². The molecule has 0 radical (unpaired) electrons. The standard InChI is InChI=1S/C13H27NO3/c1-12(11-14-13-3-4-13)5-6-16-9-10-17-8-7-15-2/h12-14H,3-11H2,1-2H3. The van der Waals surface area contributed by atoms with Crippen LogP contribution in [0.1, 0.15) is 26.2 Å². The van der Waals surface area contributed by atoms with Gasteiger partial charge in [0.1, 0.15) is 0 Å². The van der Waals surface area contributed by atoms with Crippen molar-refractivity contribution in [1.82, 2.24) is 5.32 Å². The molecular formula is C13H27NO3. The number of methoxy groups -OCH3 is 1. The second kappa shape index (κ2) is 9.83. The fraction of sp³-hybridized carbons (Fsp3) is 1.00. The second-order valence-corrected chi connectivity index (χ2v) is 4.79. The van der Waals surface area contributed by atoms with Crippen LogP contribution in [0.15, 0.2) is 0 Å². The van der Waals surface area contributed by atoms with Gasteiger partial charge in [0.25, 0.3) is 0 Å². The first kappa shape index (κ1) is 14.9. The highest BCUT2D eigenvalue weighted by molar-refractivity contribution is 4.81. The highest BCUT2D eigenvalue weighted by Gasteiger charge is 2.20. The Bertz CT molecular complexity index is 174. The summed E-state index contributed by atoms with van der Waals surface area (Å²) < 4.78 is 15.7. The van der Waals surface area contributed by atoms with Gasteiger partial charge < -0.3 is 19.5 Å². The Morgan fingerprint density at radius 2 is 1.71 bits per heavy atom. The zero-order valence-electron chi connectivity index (χ0n) is 11.2. The lowest BCUT2D eigenvalue weighted by Crippen LogP contribution is -2.24. The second-order valence-electron chi connectivity index (χ2n) is 4.79. The van der Waals surface area contributed by atoms with Crippen LogP contribution in [0.4, 0.5) is 0 Å². The molecule has 17 heavy (non-hydrogen) atoms. The maximum atomic E-state index is 5.51. The molecule has 0 amide bonds. The van der Waals surface area contributed by atoms with E-state index in [1.165, 1.54) is 12.8 Å². The van der Waals surface area contributed by atoms with E-state index >= 15 is 0 Å². The number of hydrogen-bond donors (Lipinski definition) is 1. The zero-order chi connectivity index (χ0) is 12.3. The van der Waals surface area contributed by atoms with Gasteiger partial charge >= 0.3 is 0 Å². The summed E-state index contributed by atoms with van der Waals surface area (Å²) in [6.45, 7) is 6.89. The Labute approximate surface area is 105 Å². The fourth-order valence-corrected chi connectivity index (χ4v) is 1.51. The molecule has 1 aliphatic rings. The van der Waals surface area contributed by atoms with E-state index in [9.17, 15) is 0 Å². The van der Waals surface area contributed by atoms with Gasteiger partial charge in [-0.25, -0.2) is 0 Å². The molecule has 4 heteroatoms. The minimum absolute atomic E-state index is 0.654. The topological polar surface area (TPSA) is 39.7 Å². The van der Waals surface area contributed by atoms with E-state index in [0.717, 1.165) is 25.6 Å². The molecule has 1 N–H and O–H groups in total. The molecule has 0 spiro atoms. The SMILES string of the molecule is COCCOCCOCCC(C)CNC1CC1. The molecule has 0 heterocycles. The number of ether oxygens (including phenoxy) is 3. The third kappa shape index (κ3) is 9.53. The summed E-state index contributed by atoms with van der Waals surface area (Å²) in [5, 5.41) is 3.54. The number of hydrogen-bond acceptors (Lipinski definition) is 4. The molecule has 1 saturated carbocycles. The first-order valence-corrected chi connectivity index (χ1v) is 6.70. The molecule has 102 valence electrons. The van der Waals surface area contributed by atoms with Crippen LogP contribution in [-0.2, 0) is 14.2 Å². The molecular weight excluding hydrogens is 218 g/mol. The molecule has 0 aromatic rings. The fourth-order valence-electron chi connectivity index (χ4n) is 1.51. The van der Waals surface area contributed by atoms with Crippen molar-refractivity contribution in [2.75, 3.05) is 46.7 Å². The maximum Gasteiger partial charge on any atom is 0.0701 e. The summed E-state index contributed by atoms with van der Waals surface area (Å²) in [5.74, 6) is 0.699. The Morgan fingerprint density at radius 1 is 1.06 bits per heavy atom. The van der Waals surface area contributed by atoms with E-state index in [4.69, 9.17) is 14.2 Å². The average molecular weight is 245 g/mol. The van der Waals surface area contributed by atoms with Crippen LogP contribution in [0.25, 0.3) is 0 Å². The monoisotopic (exact) mass is 245 g/mol. The molecule has 0 aromatic carbocycles. The third-order valence-corrected chi connectivity index (χ3v) is 2.89. The quantitative estimate of drug-likeness (QED) is 0.528. The summed E-state index contributed by atoms with van der Waals surface area (Å²) in [5.41, 5.74) is 0. The molecule has 1 aliphatic carbocycles. The van der Waals surface area contributed by atoms with Gasteiger partial charge in [-0.1, -0.05) is 6.92 Å². The Hall–Kier alpha value is -0.160. The summed E-state index contributed by atoms with van der Waals surface area (Å²) in [6.07, 6.45) is 3.85. The molecule has 0 saturated heterocycles. The molecule has 1 atom stereocenters. The maximum absolute atomic E-state index is 5.51. The predicted octanol–water partition coefficient (Wildman–Crippen LogP) is 1.44. The normalized spacial score (nSPS) is 17.3. The summed E-state index contributed by atoms with van der Waals surface area (Å²) in [7, 11) is 1.68. The van der Waals surface area contributed by atoms with Gasteiger partial charge in [0.2, 0.25) is 0 Å². The van der Waals surface area contributed by atoms with Crippen molar-refractivity contribution >= 4 is 0 Å². The minimum atomic E-state index is 0.654. The first-order valence-electron chi connectivity index (χ1n) is 6.70. The van der Waals surface area contributed by atoms with Crippen LogP contribution in [0.5, 0.6) is 0 Å². The third-order valence-electron chi connectivity index (χ3n) is 2.89. The summed E-state index contributed by atoms with van der Waals surface area (Å²) in [6, 6.07) is 0.813. The summed E-state index contributed by atoms with van der Waals surface area (Å²) in [4.78, 5) is 0. The van der Waals surface area contributed by atoms with Gasteiger partial charge in [-0.05, 0) is 31.7 Å². The Morgan fingerprint density at radius 3 is 2.35 bits per heavy atom. The van der Waals surface area contributed by atoms with Crippen molar-refractivity contribution < 1.29 is 14.2 Å². The van der Waals surface area contributed by atoms with E-state index in [-0.39, 0.29) is 0 Å². The van der Waals surface area contributed by atoms with Crippen molar-refractivity contribution in [3.05, 3.63) is 0 Å². The van der Waals surface area contributed by atoms with Gasteiger partial charge in [-0.15, -0.1) is 0 Å². The van der Waals surface area contributed by atoms with E-state index in [2.05, 4.69) is 12.2 Å². The average Bonchev–Trinajstić information content (AvgIpc) is 3.14. The van der Waals surface area contributed by atoms with Crippen LogP contribution in [0.3, 0.4) is 0 Å². The van der Waals surface area contributed by atoms with Crippen molar-refractivity contribution in [2.24, 2.45) is 5.92 Å². The largest absolute Gasteiger partial charge is 0.382 e. The van der Waals surface area contributed by atoms with Crippen LogP contribution in [-0.4, -0.2) is 52.7 Å². The number of nitrogens with one attached hydrogen (secondary N) is 1. The minimum Gasteiger partial charge on any atom is -0.382 e. The molecule has 1 rings (SSSR count). The number of rotatable bonds is 12. The lowest BCUT2D eigenvalue weighted by Gasteiger charge is -2.12. The highest BCUT2D eigenvalue weighted by Crippen LogP contribution is 2.19. The highest BCUT2D eigenvalue weighted by atomic mass is 16.5. The first-order chi connectivity index (χ1) is 8.33. The molecule has 1 unspecified atom stereocenters. The van der Waals surface area contributed by atoms with Crippen molar-refractivity contribution in [3.8, 4) is 0 Å². The molecule has 4 nitrogen and oxygen atoms in total. The summed E-state index contributed by atoms with van der Waals surface area (Å²) >= 11 is 0. The lowest BCUT2D eigenvalue weighted by molar-refractivity contribution is 0.0222. The lowest BCUT2D eigenvalue weighted by atomic mass is 10.1. The van der Waals surface area contributed by atoms with Gasteiger partial charge in [-0.2, -0.15) is 0 Å². The van der Waals surface area contributed by atoms with Crippen molar-refractivity contribution in [3.63, 3.8) is 0 Å². The molecule has 0 aliphatic heterocycles. The van der Waals surface area contributed by atoms with Crippen LogP contribution in [0.2, 0.25) is 0 Å². The smallest absolute Gasteiger partial charge is 0.0701 e. The molecule has 0 aromatic heterocycles. The Balaban J connectivity index is 1.73. The van der Waals surface area contributed by atoms with E-state index in [0.29, 0.717) is 32.3 Å². The van der Waals surface area contributed by atoms with Crippen molar-refractivity contribution in [1.29, 1.82) is 0 Å². The van der Waals surface area contributed by atoms with Crippen LogP contribution < -0.4 is 5.32 Å². The van der Waals surface area contributed by atoms with Gasteiger partial charge in [0, 0.05) is 19.8 Å². The predicted molar refractivity (Wildman–Crippen MR) is 68.3 cm³/mol. The van der Waals surface area contributed by atoms with Gasteiger partial charge in [0.05, 0.1) is 26.4 Å². The van der Waals surface area contributed by atoms with Gasteiger partial charge in [-0.3, -0.25) is 0 Å². The Kier molecular flexibility index (Phi) is 8.61. The van der Waals surface area contributed by atoms with E-state index in [1.807, 2.05) is 0 Å².